The van der Waals surface area contributed by atoms with Crippen molar-refractivity contribution in [3.63, 3.8) is 0 Å². The molecule has 3 aromatic rings. The molecule has 0 aliphatic carbocycles. The van der Waals surface area contributed by atoms with Crippen LogP contribution < -0.4 is 18.9 Å². The van der Waals surface area contributed by atoms with Crippen molar-refractivity contribution in [2.24, 2.45) is 0 Å². The largest absolute Gasteiger partial charge is 0.497 e. The summed E-state index contributed by atoms with van der Waals surface area (Å²) in [6, 6.07) is 19.6. The second-order valence-corrected chi connectivity index (χ2v) is 14.1. The van der Waals surface area contributed by atoms with Gasteiger partial charge >= 0.3 is 0 Å². The Labute approximate surface area is 292 Å². The first-order valence-electron chi connectivity index (χ1n) is 16.6. The van der Waals surface area contributed by atoms with Gasteiger partial charge < -0.3 is 38.4 Å². The zero-order valence-electron chi connectivity index (χ0n) is 28.2. The highest BCUT2D eigenvalue weighted by Gasteiger charge is 2.33. The van der Waals surface area contributed by atoms with Gasteiger partial charge in [0.1, 0.15) is 11.5 Å². The summed E-state index contributed by atoms with van der Waals surface area (Å²) in [5.74, 6) is 2.54. The van der Waals surface area contributed by atoms with Gasteiger partial charge in [0.05, 0.1) is 32.3 Å². The lowest BCUT2D eigenvalue weighted by atomic mass is 9.92. The SMILES string of the molecule is COc1ccc([C@@H]2C=C(C(=O)N3CCN(Cc4ccc5c(c4)OCO5)CC3)O[C@H](OCCN(CCO)S(=O)(=O)c3ccc(OC)cc3)C2)cc1. The standard InChI is InChI=1S/C36H43N3O10S/c1-44-29-6-4-27(5-7-29)28-22-34(36(41)38-15-13-37(14-16-38)24-26-3-12-32-33(21-26)48-25-47-32)49-35(23-28)46-20-18-39(17-19-40)50(42,43)31-10-8-30(45-2)9-11-31/h3-12,21-22,28,35,40H,13-20,23-25H2,1-2H3/t28-,35+/m1/s1. The van der Waals surface area contributed by atoms with Gasteiger partial charge in [0.2, 0.25) is 23.1 Å². The summed E-state index contributed by atoms with van der Waals surface area (Å²) in [4.78, 5) is 18.0. The van der Waals surface area contributed by atoms with Gasteiger partial charge in [-0.2, -0.15) is 4.31 Å². The number of aliphatic hydroxyl groups is 1. The number of aliphatic hydroxyl groups excluding tert-OH is 1. The Kier molecular flexibility index (Phi) is 11.4. The zero-order valence-corrected chi connectivity index (χ0v) is 29.0. The smallest absolute Gasteiger partial charge is 0.288 e. The molecule has 50 heavy (non-hydrogen) atoms. The van der Waals surface area contributed by atoms with Crippen molar-refractivity contribution in [2.45, 2.75) is 30.1 Å². The monoisotopic (exact) mass is 709 g/mol. The molecular weight excluding hydrogens is 666 g/mol. The van der Waals surface area contributed by atoms with Crippen molar-refractivity contribution < 1.29 is 46.7 Å². The molecule has 13 nitrogen and oxygen atoms in total. The molecule has 0 saturated carbocycles. The summed E-state index contributed by atoms with van der Waals surface area (Å²) in [6.45, 7) is 2.89. The summed E-state index contributed by atoms with van der Waals surface area (Å²) in [5.41, 5.74) is 2.08. The van der Waals surface area contributed by atoms with Gasteiger partial charge in [-0.25, -0.2) is 8.42 Å². The Morgan fingerprint density at radius 2 is 1.58 bits per heavy atom. The van der Waals surface area contributed by atoms with E-state index in [1.807, 2.05) is 48.5 Å². The lowest BCUT2D eigenvalue weighted by Gasteiger charge is -2.37. The highest BCUT2D eigenvalue weighted by molar-refractivity contribution is 7.89. The molecule has 6 rings (SSSR count). The molecule has 1 saturated heterocycles. The van der Waals surface area contributed by atoms with Gasteiger partial charge in [-0.15, -0.1) is 0 Å². The Balaban J connectivity index is 1.10. The van der Waals surface area contributed by atoms with Crippen LogP contribution in [-0.4, -0.2) is 113 Å². The number of benzene rings is 3. The van der Waals surface area contributed by atoms with Gasteiger partial charge in [0.25, 0.3) is 5.91 Å². The van der Waals surface area contributed by atoms with Crippen molar-refractivity contribution in [3.05, 3.63) is 89.7 Å². The van der Waals surface area contributed by atoms with E-state index in [0.717, 1.165) is 34.9 Å². The fourth-order valence-electron chi connectivity index (χ4n) is 6.20. The fourth-order valence-corrected chi connectivity index (χ4v) is 7.62. The van der Waals surface area contributed by atoms with Crippen LogP contribution in [0.5, 0.6) is 23.0 Å². The van der Waals surface area contributed by atoms with E-state index >= 15 is 0 Å². The number of carbonyl (C=O) groups is 1. The van der Waals surface area contributed by atoms with Gasteiger partial charge in [0, 0.05) is 58.2 Å². The van der Waals surface area contributed by atoms with Crippen LogP contribution >= 0.6 is 0 Å². The normalized spacial score (nSPS) is 19.2. The number of methoxy groups -OCH3 is 2. The van der Waals surface area contributed by atoms with E-state index < -0.39 is 16.3 Å². The molecule has 0 spiro atoms. The summed E-state index contributed by atoms with van der Waals surface area (Å²) in [6.07, 6.45) is 1.45. The van der Waals surface area contributed by atoms with Crippen LogP contribution in [0.15, 0.2) is 83.5 Å². The number of sulfonamides is 1. The number of fused-ring (bicyclic) bond motifs is 1. The average molecular weight is 710 g/mol. The summed E-state index contributed by atoms with van der Waals surface area (Å²) in [5, 5.41) is 9.66. The molecule has 1 amide bonds. The molecule has 3 aliphatic rings. The fraction of sp³-hybridized carbons (Fsp3) is 0.417. The van der Waals surface area contributed by atoms with Crippen molar-refractivity contribution in [1.82, 2.24) is 14.1 Å². The number of hydrogen-bond acceptors (Lipinski definition) is 11. The number of amides is 1. The molecule has 0 radical (unpaired) electrons. The molecular formula is C36H43N3O10S. The summed E-state index contributed by atoms with van der Waals surface area (Å²) in [7, 11) is -0.812. The summed E-state index contributed by atoms with van der Waals surface area (Å²) >= 11 is 0. The second-order valence-electron chi connectivity index (χ2n) is 12.1. The molecule has 2 atom stereocenters. The van der Waals surface area contributed by atoms with E-state index in [2.05, 4.69) is 4.90 Å². The Hall–Kier alpha value is -4.34. The minimum Gasteiger partial charge on any atom is -0.497 e. The van der Waals surface area contributed by atoms with Crippen LogP contribution in [0, 0.1) is 0 Å². The molecule has 0 aromatic heterocycles. The summed E-state index contributed by atoms with van der Waals surface area (Å²) < 4.78 is 61.6. The third-order valence-electron chi connectivity index (χ3n) is 9.01. The molecule has 0 unspecified atom stereocenters. The molecule has 0 bridgehead atoms. The topological polar surface area (TPSA) is 137 Å². The van der Waals surface area contributed by atoms with Crippen LogP contribution in [0.4, 0.5) is 0 Å². The van der Waals surface area contributed by atoms with Gasteiger partial charge in [-0.3, -0.25) is 9.69 Å². The molecule has 3 aliphatic heterocycles. The first kappa shape index (κ1) is 35.5. The van der Waals surface area contributed by atoms with Crippen LogP contribution in [0.3, 0.4) is 0 Å². The van der Waals surface area contributed by atoms with Gasteiger partial charge in [-0.1, -0.05) is 18.2 Å². The van der Waals surface area contributed by atoms with E-state index in [0.29, 0.717) is 38.3 Å². The van der Waals surface area contributed by atoms with Crippen molar-refractivity contribution >= 4 is 15.9 Å². The first-order valence-corrected chi connectivity index (χ1v) is 18.0. The van der Waals surface area contributed by atoms with E-state index in [-0.39, 0.29) is 55.6 Å². The van der Waals surface area contributed by atoms with Crippen LogP contribution in [0.25, 0.3) is 0 Å². The van der Waals surface area contributed by atoms with Crippen molar-refractivity contribution in [1.29, 1.82) is 0 Å². The Morgan fingerprint density at radius 3 is 2.26 bits per heavy atom. The lowest BCUT2D eigenvalue weighted by Crippen LogP contribution is -2.49. The van der Waals surface area contributed by atoms with Crippen molar-refractivity contribution in [2.75, 3.05) is 73.5 Å². The van der Waals surface area contributed by atoms with E-state index in [1.54, 1.807) is 24.1 Å². The number of rotatable bonds is 14. The number of allylic oxidation sites excluding steroid dienone is 1. The maximum atomic E-state index is 13.9. The maximum absolute atomic E-state index is 13.9. The highest BCUT2D eigenvalue weighted by Crippen LogP contribution is 2.34. The number of nitrogens with zero attached hydrogens (tertiary/aromatic N) is 3. The Morgan fingerprint density at radius 1 is 0.900 bits per heavy atom. The third kappa shape index (κ3) is 8.33. The van der Waals surface area contributed by atoms with Gasteiger partial charge in [-0.05, 0) is 65.7 Å². The van der Waals surface area contributed by atoms with Crippen LogP contribution in [-0.2, 0) is 30.8 Å². The minimum absolute atomic E-state index is 0.0185. The molecule has 3 heterocycles. The van der Waals surface area contributed by atoms with Gasteiger partial charge in [0.15, 0.2) is 17.3 Å². The predicted octanol–water partition coefficient (Wildman–Crippen LogP) is 3.19. The van der Waals surface area contributed by atoms with E-state index in [9.17, 15) is 18.3 Å². The zero-order chi connectivity index (χ0) is 35.1. The second kappa shape index (κ2) is 16.1. The molecule has 3 aromatic carbocycles. The predicted molar refractivity (Wildman–Crippen MR) is 183 cm³/mol. The quantitative estimate of drug-likeness (QED) is 0.264. The van der Waals surface area contributed by atoms with Crippen molar-refractivity contribution in [3.8, 4) is 23.0 Å². The number of hydrogen-bond donors (Lipinski definition) is 1. The molecule has 1 N–H and O–H groups in total. The Bertz CT molecular complexity index is 1740. The lowest BCUT2D eigenvalue weighted by molar-refractivity contribution is -0.154. The van der Waals surface area contributed by atoms with Crippen LogP contribution in [0.2, 0.25) is 0 Å². The molecule has 14 heteroatoms. The van der Waals surface area contributed by atoms with E-state index in [1.165, 1.54) is 23.5 Å². The third-order valence-corrected chi connectivity index (χ3v) is 10.9. The average Bonchev–Trinajstić information content (AvgIpc) is 3.62. The number of piperazine rings is 1. The maximum Gasteiger partial charge on any atom is 0.288 e. The first-order chi connectivity index (χ1) is 24.3. The molecule has 268 valence electrons. The number of ether oxygens (including phenoxy) is 6. The minimum atomic E-state index is -3.92. The highest BCUT2D eigenvalue weighted by atomic mass is 32.2. The number of carbonyl (C=O) groups excluding carboxylic acids is 1. The van der Waals surface area contributed by atoms with Crippen LogP contribution in [0.1, 0.15) is 23.5 Å². The molecule has 1 fully saturated rings. The van der Waals surface area contributed by atoms with E-state index in [4.69, 9.17) is 28.4 Å².